The van der Waals surface area contributed by atoms with Crippen molar-refractivity contribution in [2.45, 2.75) is 25.4 Å². The lowest BCUT2D eigenvalue weighted by atomic mass is 10.1. The predicted octanol–water partition coefficient (Wildman–Crippen LogP) is 2.70. The van der Waals surface area contributed by atoms with E-state index in [0.717, 1.165) is 12.8 Å². The highest BCUT2D eigenvalue weighted by molar-refractivity contribution is 5.92. The number of fused-ring (bicyclic) bond motifs is 1. The van der Waals surface area contributed by atoms with Gasteiger partial charge in [0.25, 0.3) is 0 Å². The zero-order valence-corrected chi connectivity index (χ0v) is 11.6. The van der Waals surface area contributed by atoms with Crippen molar-refractivity contribution in [3.05, 3.63) is 70.5 Å². The molecular weight excluding hydrogens is 267 g/mol. The van der Waals surface area contributed by atoms with Crippen LogP contribution in [0.4, 0.5) is 4.39 Å². The smallest absolute Gasteiger partial charge is 0.248 e. The summed E-state index contributed by atoms with van der Waals surface area (Å²) < 4.78 is 13.8. The summed E-state index contributed by atoms with van der Waals surface area (Å²) in [6.45, 7) is 0.381. The van der Waals surface area contributed by atoms with E-state index in [1.807, 2.05) is 12.1 Å². The van der Waals surface area contributed by atoms with Crippen molar-refractivity contribution in [3.63, 3.8) is 0 Å². The molecule has 3 rings (SSSR count). The van der Waals surface area contributed by atoms with Gasteiger partial charge in [-0.1, -0.05) is 24.3 Å². The van der Waals surface area contributed by atoms with E-state index in [1.165, 1.54) is 29.3 Å². The molecule has 0 aromatic heterocycles. The van der Waals surface area contributed by atoms with E-state index >= 15 is 0 Å². The Hall–Kier alpha value is -2.20. The maximum Gasteiger partial charge on any atom is 0.248 e. The number of aryl methyl sites for hydroxylation is 1. The molecule has 0 heterocycles. The summed E-state index contributed by atoms with van der Waals surface area (Å²) in [6, 6.07) is 12.8. The van der Waals surface area contributed by atoms with Gasteiger partial charge in [-0.25, -0.2) is 4.39 Å². The van der Waals surface area contributed by atoms with Crippen molar-refractivity contribution in [1.29, 1.82) is 0 Å². The van der Waals surface area contributed by atoms with Crippen LogP contribution in [0, 0.1) is 5.82 Å². The van der Waals surface area contributed by atoms with Crippen LogP contribution in [0.15, 0.2) is 42.5 Å². The van der Waals surface area contributed by atoms with E-state index in [9.17, 15) is 9.18 Å². The third-order valence-corrected chi connectivity index (χ3v) is 4.00. The number of hydrogen-bond acceptors (Lipinski definition) is 2. The molecule has 4 heteroatoms. The average Bonchev–Trinajstić information content (AvgIpc) is 2.89. The fourth-order valence-electron chi connectivity index (χ4n) is 2.87. The summed E-state index contributed by atoms with van der Waals surface area (Å²) in [6.07, 6.45) is 2.05. The standard InChI is InChI=1S/C17H17FN2O/c18-15-7-5-12(17(19)21)9-13(15)10-20-16-8-6-11-3-1-2-4-14(11)16/h1-5,7,9,16,20H,6,8,10H2,(H2,19,21). The minimum absolute atomic E-state index is 0.234. The first-order valence-electron chi connectivity index (χ1n) is 7.04. The van der Waals surface area contributed by atoms with Gasteiger partial charge >= 0.3 is 0 Å². The van der Waals surface area contributed by atoms with Crippen molar-refractivity contribution >= 4 is 5.91 Å². The van der Waals surface area contributed by atoms with Crippen LogP contribution in [0.5, 0.6) is 0 Å². The summed E-state index contributed by atoms with van der Waals surface area (Å²) in [5.74, 6) is -0.860. The summed E-state index contributed by atoms with van der Waals surface area (Å²) in [4.78, 5) is 11.2. The number of hydrogen-bond donors (Lipinski definition) is 2. The van der Waals surface area contributed by atoms with Gasteiger partial charge in [-0.15, -0.1) is 0 Å². The minimum atomic E-state index is -0.539. The number of primary amides is 1. The molecule has 0 bridgehead atoms. The largest absolute Gasteiger partial charge is 0.366 e. The number of rotatable bonds is 4. The first-order chi connectivity index (χ1) is 10.1. The molecule has 1 amide bonds. The van der Waals surface area contributed by atoms with Gasteiger partial charge < -0.3 is 11.1 Å². The molecule has 108 valence electrons. The molecule has 3 nitrogen and oxygen atoms in total. The monoisotopic (exact) mass is 284 g/mol. The lowest BCUT2D eigenvalue weighted by Gasteiger charge is -2.14. The summed E-state index contributed by atoms with van der Waals surface area (Å²) >= 11 is 0. The van der Waals surface area contributed by atoms with Crippen LogP contribution in [0.1, 0.15) is 39.5 Å². The van der Waals surface area contributed by atoms with Crippen molar-refractivity contribution in [3.8, 4) is 0 Å². The molecule has 0 spiro atoms. The van der Waals surface area contributed by atoms with Crippen LogP contribution < -0.4 is 11.1 Å². The van der Waals surface area contributed by atoms with Crippen molar-refractivity contribution in [2.24, 2.45) is 5.73 Å². The van der Waals surface area contributed by atoms with Gasteiger partial charge in [0.15, 0.2) is 0 Å². The normalized spacial score (nSPS) is 16.7. The van der Waals surface area contributed by atoms with Crippen LogP contribution >= 0.6 is 0 Å². The maximum atomic E-state index is 13.8. The van der Waals surface area contributed by atoms with E-state index in [1.54, 1.807) is 0 Å². The Bertz CT molecular complexity index is 684. The molecule has 0 radical (unpaired) electrons. The van der Waals surface area contributed by atoms with Gasteiger partial charge in [0, 0.05) is 23.7 Å². The molecule has 0 saturated carbocycles. The summed E-state index contributed by atoms with van der Waals surface area (Å²) in [5.41, 5.74) is 8.66. The molecule has 1 atom stereocenters. The van der Waals surface area contributed by atoms with Gasteiger partial charge in [-0.05, 0) is 42.2 Å². The Morgan fingerprint density at radius 3 is 2.90 bits per heavy atom. The second-order valence-corrected chi connectivity index (χ2v) is 5.34. The topological polar surface area (TPSA) is 55.1 Å². The fraction of sp³-hybridized carbons (Fsp3) is 0.235. The van der Waals surface area contributed by atoms with Gasteiger partial charge in [0.05, 0.1) is 0 Å². The summed E-state index contributed by atoms with van der Waals surface area (Å²) in [7, 11) is 0. The Morgan fingerprint density at radius 1 is 1.29 bits per heavy atom. The van der Waals surface area contributed by atoms with E-state index in [2.05, 4.69) is 17.4 Å². The Labute approximate surface area is 123 Å². The van der Waals surface area contributed by atoms with Gasteiger partial charge in [0.1, 0.15) is 5.82 Å². The van der Waals surface area contributed by atoms with Crippen LogP contribution in [0.3, 0.4) is 0 Å². The number of nitrogens with one attached hydrogen (secondary N) is 1. The molecule has 1 aliphatic rings. The quantitative estimate of drug-likeness (QED) is 0.907. The van der Waals surface area contributed by atoms with E-state index in [0.29, 0.717) is 17.7 Å². The second-order valence-electron chi connectivity index (χ2n) is 5.34. The van der Waals surface area contributed by atoms with E-state index < -0.39 is 5.91 Å². The molecule has 0 fully saturated rings. The molecule has 0 aliphatic heterocycles. The molecule has 2 aromatic rings. The number of carbonyl (C=O) groups is 1. The predicted molar refractivity (Wildman–Crippen MR) is 79.3 cm³/mol. The van der Waals surface area contributed by atoms with Gasteiger partial charge in [-0.2, -0.15) is 0 Å². The SMILES string of the molecule is NC(=O)c1ccc(F)c(CNC2CCc3ccccc32)c1. The lowest BCUT2D eigenvalue weighted by molar-refractivity contribution is 0.1000. The number of benzene rings is 2. The molecule has 21 heavy (non-hydrogen) atoms. The molecule has 1 aliphatic carbocycles. The molecule has 1 unspecified atom stereocenters. The fourth-order valence-corrected chi connectivity index (χ4v) is 2.87. The zero-order valence-electron chi connectivity index (χ0n) is 11.6. The minimum Gasteiger partial charge on any atom is -0.366 e. The number of amides is 1. The molecular formula is C17H17FN2O. The number of carbonyl (C=O) groups excluding carboxylic acids is 1. The third-order valence-electron chi connectivity index (χ3n) is 4.00. The van der Waals surface area contributed by atoms with Gasteiger partial charge in [0.2, 0.25) is 5.91 Å². The van der Waals surface area contributed by atoms with Crippen molar-refractivity contribution in [1.82, 2.24) is 5.32 Å². The van der Waals surface area contributed by atoms with Crippen LogP contribution in [0.2, 0.25) is 0 Å². The van der Waals surface area contributed by atoms with Crippen LogP contribution in [-0.2, 0) is 13.0 Å². The van der Waals surface area contributed by atoms with Crippen molar-refractivity contribution < 1.29 is 9.18 Å². The molecule has 3 N–H and O–H groups in total. The average molecular weight is 284 g/mol. The summed E-state index contributed by atoms with van der Waals surface area (Å²) in [5, 5.41) is 3.37. The van der Waals surface area contributed by atoms with E-state index in [-0.39, 0.29) is 11.9 Å². The van der Waals surface area contributed by atoms with Gasteiger partial charge in [-0.3, -0.25) is 4.79 Å². The van der Waals surface area contributed by atoms with E-state index in [4.69, 9.17) is 5.73 Å². The number of nitrogens with two attached hydrogens (primary N) is 1. The Kier molecular flexibility index (Phi) is 3.71. The van der Waals surface area contributed by atoms with Crippen LogP contribution in [-0.4, -0.2) is 5.91 Å². The Balaban J connectivity index is 1.74. The Morgan fingerprint density at radius 2 is 2.10 bits per heavy atom. The third kappa shape index (κ3) is 2.81. The number of halogens is 1. The highest BCUT2D eigenvalue weighted by atomic mass is 19.1. The highest BCUT2D eigenvalue weighted by Gasteiger charge is 2.21. The zero-order chi connectivity index (χ0) is 14.8. The first kappa shape index (κ1) is 13.8. The second kappa shape index (κ2) is 5.66. The highest BCUT2D eigenvalue weighted by Crippen LogP contribution is 2.31. The molecule has 0 saturated heterocycles. The van der Waals surface area contributed by atoms with Crippen molar-refractivity contribution in [2.75, 3.05) is 0 Å². The molecule has 2 aromatic carbocycles. The first-order valence-corrected chi connectivity index (χ1v) is 7.04. The van der Waals surface area contributed by atoms with Crippen LogP contribution in [0.25, 0.3) is 0 Å². The maximum absolute atomic E-state index is 13.8. The lowest BCUT2D eigenvalue weighted by Crippen LogP contribution is -2.20.